The molecule has 0 atom stereocenters. The molecule has 92 valence electrons. The average Bonchev–Trinajstić information content (AvgIpc) is 2.35. The number of methoxy groups -OCH3 is 1. The quantitative estimate of drug-likeness (QED) is 0.611. The fourth-order valence-corrected chi connectivity index (χ4v) is 1.65. The highest BCUT2D eigenvalue weighted by Gasteiger charge is 2.05. The molecule has 0 spiro atoms. The van der Waals surface area contributed by atoms with Crippen molar-refractivity contribution in [2.24, 2.45) is 0 Å². The molecule has 0 fully saturated rings. The zero-order valence-corrected chi connectivity index (χ0v) is 10.4. The Morgan fingerprint density at radius 2 is 2.17 bits per heavy atom. The summed E-state index contributed by atoms with van der Waals surface area (Å²) in [5, 5.41) is 0.858. The first-order valence-electron chi connectivity index (χ1n) is 5.55. The molecular formula is C15H14O3. The van der Waals surface area contributed by atoms with Crippen molar-refractivity contribution in [1.82, 2.24) is 0 Å². The van der Waals surface area contributed by atoms with Crippen molar-refractivity contribution in [2.75, 3.05) is 7.11 Å². The minimum atomic E-state index is -0.366. The van der Waals surface area contributed by atoms with Gasteiger partial charge in [0, 0.05) is 23.1 Å². The summed E-state index contributed by atoms with van der Waals surface area (Å²) in [6, 6.07) is 6.77. The van der Waals surface area contributed by atoms with Crippen LogP contribution in [0, 0.1) is 0 Å². The first-order chi connectivity index (χ1) is 8.60. The molecule has 1 heterocycles. The maximum absolute atomic E-state index is 11.1. The molecule has 0 saturated carbocycles. The van der Waals surface area contributed by atoms with E-state index in [0.29, 0.717) is 11.3 Å². The fraction of sp³-hybridized carbons (Fsp3) is 0.133. The third kappa shape index (κ3) is 2.51. The summed E-state index contributed by atoms with van der Waals surface area (Å²) in [4.78, 5) is 11.1. The van der Waals surface area contributed by atoms with Crippen LogP contribution in [0.15, 0.2) is 51.7 Å². The van der Waals surface area contributed by atoms with E-state index in [1.807, 2.05) is 25.1 Å². The molecule has 0 aliphatic rings. The number of ether oxygens (including phenoxy) is 1. The molecule has 0 amide bonds. The van der Waals surface area contributed by atoms with E-state index in [4.69, 9.17) is 9.15 Å². The molecule has 1 aromatic carbocycles. The highest BCUT2D eigenvalue weighted by atomic mass is 16.5. The molecule has 18 heavy (non-hydrogen) atoms. The van der Waals surface area contributed by atoms with Gasteiger partial charge in [0.05, 0.1) is 7.11 Å². The summed E-state index contributed by atoms with van der Waals surface area (Å²) in [6.07, 6.45) is 3.83. The lowest BCUT2D eigenvalue weighted by Gasteiger charge is -2.06. The van der Waals surface area contributed by atoms with Crippen LogP contribution in [0.25, 0.3) is 17.0 Å². The summed E-state index contributed by atoms with van der Waals surface area (Å²) in [6.45, 7) is 5.73. The van der Waals surface area contributed by atoms with Gasteiger partial charge in [-0.2, -0.15) is 0 Å². The molecule has 0 aliphatic carbocycles. The number of fused-ring (bicyclic) bond motifs is 1. The van der Waals surface area contributed by atoms with E-state index in [2.05, 4.69) is 6.58 Å². The SMILES string of the molecule is C=C(C)C=Cc1cc2ccc(=O)oc2cc1OC. The predicted octanol–water partition coefficient (Wildman–Crippen LogP) is 3.39. The van der Waals surface area contributed by atoms with Gasteiger partial charge in [0.25, 0.3) is 0 Å². The van der Waals surface area contributed by atoms with Gasteiger partial charge in [-0.3, -0.25) is 0 Å². The van der Waals surface area contributed by atoms with Gasteiger partial charge in [0.2, 0.25) is 0 Å². The minimum absolute atomic E-state index is 0.366. The van der Waals surface area contributed by atoms with Gasteiger partial charge < -0.3 is 9.15 Å². The zero-order valence-electron chi connectivity index (χ0n) is 10.4. The normalized spacial score (nSPS) is 11.0. The number of hydrogen-bond acceptors (Lipinski definition) is 3. The minimum Gasteiger partial charge on any atom is -0.496 e. The lowest BCUT2D eigenvalue weighted by Crippen LogP contribution is -1.95. The van der Waals surface area contributed by atoms with Crippen molar-refractivity contribution >= 4 is 17.0 Å². The molecule has 0 N–H and O–H groups in total. The van der Waals surface area contributed by atoms with Crippen LogP contribution in [-0.2, 0) is 0 Å². The second-order valence-electron chi connectivity index (χ2n) is 4.07. The number of allylic oxidation sites excluding steroid dienone is 2. The van der Waals surface area contributed by atoms with E-state index < -0.39 is 0 Å². The highest BCUT2D eigenvalue weighted by Crippen LogP contribution is 2.26. The predicted molar refractivity (Wildman–Crippen MR) is 72.9 cm³/mol. The average molecular weight is 242 g/mol. The molecule has 2 aromatic rings. The summed E-state index contributed by atoms with van der Waals surface area (Å²) in [5.74, 6) is 0.661. The summed E-state index contributed by atoms with van der Waals surface area (Å²) in [5.41, 5.74) is 2.03. The maximum atomic E-state index is 11.1. The van der Waals surface area contributed by atoms with Crippen LogP contribution < -0.4 is 10.4 Å². The lowest BCUT2D eigenvalue weighted by atomic mass is 10.1. The van der Waals surface area contributed by atoms with Crippen LogP contribution in [-0.4, -0.2) is 7.11 Å². The van der Waals surface area contributed by atoms with Crippen molar-refractivity contribution in [2.45, 2.75) is 6.92 Å². The van der Waals surface area contributed by atoms with Crippen molar-refractivity contribution < 1.29 is 9.15 Å². The van der Waals surface area contributed by atoms with Gasteiger partial charge in [0.1, 0.15) is 11.3 Å². The molecule has 0 unspecified atom stereocenters. The Labute approximate surface area is 105 Å². The Balaban J connectivity index is 2.62. The molecule has 0 radical (unpaired) electrons. The highest BCUT2D eigenvalue weighted by molar-refractivity contribution is 5.82. The molecule has 0 saturated heterocycles. The number of rotatable bonds is 3. The second kappa shape index (κ2) is 4.92. The van der Waals surface area contributed by atoms with E-state index in [0.717, 1.165) is 16.5 Å². The third-order valence-electron chi connectivity index (χ3n) is 2.52. The van der Waals surface area contributed by atoms with E-state index in [1.54, 1.807) is 19.2 Å². The molecule has 3 heteroatoms. The largest absolute Gasteiger partial charge is 0.496 e. The first kappa shape index (κ1) is 12.2. The molecule has 0 bridgehead atoms. The smallest absolute Gasteiger partial charge is 0.336 e. The topological polar surface area (TPSA) is 39.4 Å². The van der Waals surface area contributed by atoms with Gasteiger partial charge in [0.15, 0.2) is 0 Å². The van der Waals surface area contributed by atoms with Crippen LogP contribution in [0.4, 0.5) is 0 Å². The first-order valence-corrected chi connectivity index (χ1v) is 5.55. The number of benzene rings is 1. The van der Waals surface area contributed by atoms with Crippen molar-refractivity contribution in [1.29, 1.82) is 0 Å². The van der Waals surface area contributed by atoms with E-state index >= 15 is 0 Å². The van der Waals surface area contributed by atoms with Crippen molar-refractivity contribution in [3.63, 3.8) is 0 Å². The van der Waals surface area contributed by atoms with Gasteiger partial charge in [-0.15, -0.1) is 0 Å². The van der Waals surface area contributed by atoms with E-state index in [1.165, 1.54) is 6.07 Å². The third-order valence-corrected chi connectivity index (χ3v) is 2.52. The summed E-state index contributed by atoms with van der Waals surface area (Å²) in [7, 11) is 1.58. The monoisotopic (exact) mass is 242 g/mol. The molecule has 1 aromatic heterocycles. The van der Waals surface area contributed by atoms with E-state index in [9.17, 15) is 4.79 Å². The van der Waals surface area contributed by atoms with Crippen molar-refractivity contribution in [3.05, 3.63) is 58.5 Å². The van der Waals surface area contributed by atoms with Crippen LogP contribution in [0.1, 0.15) is 12.5 Å². The number of hydrogen-bond donors (Lipinski definition) is 0. The zero-order chi connectivity index (χ0) is 13.1. The van der Waals surface area contributed by atoms with E-state index in [-0.39, 0.29) is 5.63 Å². The summed E-state index contributed by atoms with van der Waals surface area (Å²) >= 11 is 0. The summed E-state index contributed by atoms with van der Waals surface area (Å²) < 4.78 is 10.4. The Kier molecular flexibility index (Phi) is 3.33. The Hall–Kier alpha value is -2.29. The fourth-order valence-electron chi connectivity index (χ4n) is 1.65. The molecular weight excluding hydrogens is 228 g/mol. The van der Waals surface area contributed by atoms with Crippen LogP contribution >= 0.6 is 0 Å². The Bertz CT molecular complexity index is 678. The second-order valence-corrected chi connectivity index (χ2v) is 4.07. The van der Waals surface area contributed by atoms with Gasteiger partial charge in [-0.25, -0.2) is 4.79 Å². The molecule has 0 aliphatic heterocycles. The Morgan fingerprint density at radius 3 is 2.83 bits per heavy atom. The van der Waals surface area contributed by atoms with Crippen LogP contribution in [0.2, 0.25) is 0 Å². The van der Waals surface area contributed by atoms with Crippen LogP contribution in [0.5, 0.6) is 5.75 Å². The van der Waals surface area contributed by atoms with Gasteiger partial charge in [-0.05, 0) is 19.1 Å². The Morgan fingerprint density at radius 1 is 1.39 bits per heavy atom. The molecule has 3 nitrogen and oxygen atoms in total. The maximum Gasteiger partial charge on any atom is 0.336 e. The lowest BCUT2D eigenvalue weighted by molar-refractivity contribution is 0.413. The van der Waals surface area contributed by atoms with Gasteiger partial charge >= 0.3 is 5.63 Å². The van der Waals surface area contributed by atoms with Crippen molar-refractivity contribution in [3.8, 4) is 5.75 Å². The standard InChI is InChI=1S/C15H14O3/c1-10(2)4-5-11-8-12-6-7-15(16)18-14(12)9-13(11)17-3/h4-9H,1H2,2-3H3. The van der Waals surface area contributed by atoms with Gasteiger partial charge in [-0.1, -0.05) is 24.3 Å². The van der Waals surface area contributed by atoms with Crippen LogP contribution in [0.3, 0.4) is 0 Å². The molecule has 2 rings (SSSR count).